The molecule has 1 N–H and O–H groups in total. The molecule has 0 bridgehead atoms. The SMILES string of the molecule is Cn1ccc(CNCC(C#N)c2ccccc2)n1. The van der Waals surface area contributed by atoms with E-state index in [1.54, 1.807) is 4.68 Å². The third kappa shape index (κ3) is 3.19. The van der Waals surface area contributed by atoms with E-state index in [9.17, 15) is 5.26 Å². The molecule has 0 spiro atoms. The van der Waals surface area contributed by atoms with Gasteiger partial charge in [-0.25, -0.2) is 0 Å². The molecule has 0 radical (unpaired) electrons. The van der Waals surface area contributed by atoms with Gasteiger partial charge in [0.15, 0.2) is 0 Å². The largest absolute Gasteiger partial charge is 0.309 e. The van der Waals surface area contributed by atoms with Crippen molar-refractivity contribution in [2.75, 3.05) is 6.54 Å². The molecule has 18 heavy (non-hydrogen) atoms. The Bertz CT molecular complexity index is 524. The molecular weight excluding hydrogens is 224 g/mol. The van der Waals surface area contributed by atoms with E-state index in [1.165, 1.54) is 0 Å². The quantitative estimate of drug-likeness (QED) is 0.867. The standard InChI is InChI=1S/C14H16N4/c1-18-8-7-14(17-18)11-16-10-13(9-15)12-5-3-2-4-6-12/h2-8,13,16H,10-11H2,1H3. The van der Waals surface area contributed by atoms with E-state index in [4.69, 9.17) is 0 Å². The molecule has 92 valence electrons. The van der Waals surface area contributed by atoms with Crippen LogP contribution in [0, 0.1) is 11.3 Å². The molecule has 1 aromatic carbocycles. The molecule has 1 heterocycles. The molecule has 0 fully saturated rings. The van der Waals surface area contributed by atoms with Gasteiger partial charge in [0.1, 0.15) is 0 Å². The Morgan fingerprint density at radius 2 is 2.11 bits per heavy atom. The zero-order valence-electron chi connectivity index (χ0n) is 10.4. The highest BCUT2D eigenvalue weighted by atomic mass is 15.3. The maximum absolute atomic E-state index is 9.17. The summed E-state index contributed by atoms with van der Waals surface area (Å²) in [6.07, 6.45) is 1.91. The number of benzene rings is 1. The molecule has 1 aromatic heterocycles. The minimum absolute atomic E-state index is 0.116. The van der Waals surface area contributed by atoms with E-state index < -0.39 is 0 Å². The van der Waals surface area contributed by atoms with Crippen LogP contribution in [0.2, 0.25) is 0 Å². The van der Waals surface area contributed by atoms with Crippen molar-refractivity contribution in [3.05, 3.63) is 53.9 Å². The van der Waals surface area contributed by atoms with Crippen molar-refractivity contribution < 1.29 is 0 Å². The van der Waals surface area contributed by atoms with Crippen LogP contribution in [0.15, 0.2) is 42.6 Å². The van der Waals surface area contributed by atoms with E-state index >= 15 is 0 Å². The lowest BCUT2D eigenvalue weighted by Crippen LogP contribution is -2.20. The highest BCUT2D eigenvalue weighted by Crippen LogP contribution is 2.13. The minimum atomic E-state index is -0.116. The molecular formula is C14H16N4. The van der Waals surface area contributed by atoms with Crippen LogP contribution in [0.1, 0.15) is 17.2 Å². The first-order chi connectivity index (χ1) is 8.79. The second-order valence-corrected chi connectivity index (χ2v) is 4.20. The lowest BCUT2D eigenvalue weighted by Gasteiger charge is -2.09. The van der Waals surface area contributed by atoms with Crippen LogP contribution in [0.3, 0.4) is 0 Å². The first kappa shape index (κ1) is 12.3. The fourth-order valence-electron chi connectivity index (χ4n) is 1.83. The molecule has 0 aliphatic rings. The maximum Gasteiger partial charge on any atom is 0.0837 e. The fraction of sp³-hybridized carbons (Fsp3) is 0.286. The Labute approximate surface area is 107 Å². The molecule has 0 aliphatic heterocycles. The van der Waals surface area contributed by atoms with E-state index in [0.717, 1.165) is 11.3 Å². The second kappa shape index (κ2) is 5.99. The van der Waals surface area contributed by atoms with Crippen LogP contribution in [0.4, 0.5) is 0 Å². The van der Waals surface area contributed by atoms with Gasteiger partial charge in [-0.1, -0.05) is 30.3 Å². The Morgan fingerprint density at radius 1 is 1.33 bits per heavy atom. The summed E-state index contributed by atoms with van der Waals surface area (Å²) in [5.41, 5.74) is 2.04. The van der Waals surface area contributed by atoms with Crippen molar-refractivity contribution in [2.45, 2.75) is 12.5 Å². The van der Waals surface area contributed by atoms with Crippen molar-refractivity contribution in [3.63, 3.8) is 0 Å². The molecule has 4 heteroatoms. The minimum Gasteiger partial charge on any atom is -0.309 e. The molecule has 1 unspecified atom stereocenters. The highest BCUT2D eigenvalue weighted by molar-refractivity contribution is 5.25. The van der Waals surface area contributed by atoms with Crippen molar-refractivity contribution in [3.8, 4) is 6.07 Å². The van der Waals surface area contributed by atoms with Gasteiger partial charge >= 0.3 is 0 Å². The third-order valence-electron chi connectivity index (χ3n) is 2.78. The molecule has 0 saturated heterocycles. The van der Waals surface area contributed by atoms with Crippen LogP contribution in [0.25, 0.3) is 0 Å². The van der Waals surface area contributed by atoms with Gasteiger partial charge in [0.25, 0.3) is 0 Å². The van der Waals surface area contributed by atoms with Crippen molar-refractivity contribution in [1.29, 1.82) is 5.26 Å². The van der Waals surface area contributed by atoms with Gasteiger partial charge in [0.2, 0.25) is 0 Å². The monoisotopic (exact) mass is 240 g/mol. The number of hydrogen-bond donors (Lipinski definition) is 1. The summed E-state index contributed by atoms with van der Waals surface area (Å²) in [5, 5.41) is 16.7. The lowest BCUT2D eigenvalue weighted by molar-refractivity contribution is 0.630. The number of hydrogen-bond acceptors (Lipinski definition) is 3. The van der Waals surface area contributed by atoms with Gasteiger partial charge in [-0.15, -0.1) is 0 Å². The average molecular weight is 240 g/mol. The zero-order valence-corrected chi connectivity index (χ0v) is 10.4. The summed E-state index contributed by atoms with van der Waals surface area (Å²) in [5.74, 6) is -0.116. The van der Waals surface area contributed by atoms with Gasteiger partial charge < -0.3 is 5.32 Å². The van der Waals surface area contributed by atoms with Crippen LogP contribution in [-0.4, -0.2) is 16.3 Å². The Morgan fingerprint density at radius 3 is 2.72 bits per heavy atom. The topological polar surface area (TPSA) is 53.6 Å². The fourth-order valence-corrected chi connectivity index (χ4v) is 1.83. The lowest BCUT2D eigenvalue weighted by atomic mass is 10.0. The molecule has 2 aromatic rings. The predicted molar refractivity (Wildman–Crippen MR) is 69.7 cm³/mol. The van der Waals surface area contributed by atoms with Gasteiger partial charge in [-0.3, -0.25) is 4.68 Å². The van der Waals surface area contributed by atoms with Crippen molar-refractivity contribution in [1.82, 2.24) is 15.1 Å². The first-order valence-electron chi connectivity index (χ1n) is 5.93. The summed E-state index contributed by atoms with van der Waals surface area (Å²) in [4.78, 5) is 0. The molecule has 2 rings (SSSR count). The van der Waals surface area contributed by atoms with Gasteiger partial charge in [-0.2, -0.15) is 10.4 Å². The Kier molecular flexibility index (Phi) is 4.11. The summed E-state index contributed by atoms with van der Waals surface area (Å²) < 4.78 is 1.77. The summed E-state index contributed by atoms with van der Waals surface area (Å²) in [7, 11) is 1.89. The average Bonchev–Trinajstić information content (AvgIpc) is 2.81. The van der Waals surface area contributed by atoms with Crippen molar-refractivity contribution >= 4 is 0 Å². The first-order valence-corrected chi connectivity index (χ1v) is 5.93. The molecule has 4 nitrogen and oxygen atoms in total. The van der Waals surface area contributed by atoms with Crippen molar-refractivity contribution in [2.24, 2.45) is 7.05 Å². The highest BCUT2D eigenvalue weighted by Gasteiger charge is 2.09. The number of nitrogens with one attached hydrogen (secondary N) is 1. The molecule has 1 atom stereocenters. The van der Waals surface area contributed by atoms with E-state index in [0.29, 0.717) is 13.1 Å². The van der Waals surface area contributed by atoms with Gasteiger partial charge in [-0.05, 0) is 11.6 Å². The zero-order chi connectivity index (χ0) is 12.8. The third-order valence-corrected chi connectivity index (χ3v) is 2.78. The van der Waals surface area contributed by atoms with Gasteiger partial charge in [0.05, 0.1) is 17.7 Å². The molecule has 0 aliphatic carbocycles. The van der Waals surface area contributed by atoms with Crippen LogP contribution in [-0.2, 0) is 13.6 Å². The molecule has 0 saturated carbocycles. The van der Waals surface area contributed by atoms with Crippen LogP contribution in [0.5, 0.6) is 0 Å². The number of rotatable bonds is 5. The predicted octanol–water partition coefficient (Wildman–Crippen LogP) is 1.82. The Hall–Kier alpha value is -2.12. The van der Waals surface area contributed by atoms with Gasteiger partial charge in [0, 0.05) is 26.3 Å². The van der Waals surface area contributed by atoms with E-state index in [-0.39, 0.29) is 5.92 Å². The number of nitriles is 1. The maximum atomic E-state index is 9.17. The van der Waals surface area contributed by atoms with E-state index in [2.05, 4.69) is 16.5 Å². The van der Waals surface area contributed by atoms with E-state index in [1.807, 2.05) is 49.6 Å². The number of nitrogens with zero attached hydrogens (tertiary/aromatic N) is 3. The second-order valence-electron chi connectivity index (χ2n) is 4.20. The molecule has 0 amide bonds. The number of aromatic nitrogens is 2. The number of aryl methyl sites for hydroxylation is 1. The van der Waals surface area contributed by atoms with Crippen LogP contribution >= 0.6 is 0 Å². The normalized spacial score (nSPS) is 12.0. The van der Waals surface area contributed by atoms with Crippen LogP contribution < -0.4 is 5.32 Å². The smallest absolute Gasteiger partial charge is 0.0837 e. The summed E-state index contributed by atoms with van der Waals surface area (Å²) >= 11 is 0. The summed E-state index contributed by atoms with van der Waals surface area (Å²) in [6.45, 7) is 1.32. The Balaban J connectivity index is 1.87. The summed E-state index contributed by atoms with van der Waals surface area (Å²) in [6, 6.07) is 14.1.